The number of likely N-dealkylation sites (tertiary alicyclic amines) is 1. The Morgan fingerprint density at radius 1 is 1.26 bits per heavy atom. The molecule has 156 valence electrons. The zero-order valence-electron chi connectivity index (χ0n) is 17.5. The van der Waals surface area contributed by atoms with E-state index in [1.54, 1.807) is 11.3 Å². The molecule has 1 aromatic rings. The van der Waals surface area contributed by atoms with Gasteiger partial charge in [-0.2, -0.15) is 0 Å². The van der Waals surface area contributed by atoms with Crippen LogP contribution in [0.1, 0.15) is 50.7 Å². The molecule has 2 N–H and O–H groups in total. The van der Waals surface area contributed by atoms with Crippen LogP contribution in [-0.4, -0.2) is 55.1 Å². The lowest BCUT2D eigenvalue weighted by molar-refractivity contribution is 0.139. The molecule has 0 aliphatic carbocycles. The molecule has 0 aromatic carbocycles. The van der Waals surface area contributed by atoms with Gasteiger partial charge in [-0.1, -0.05) is 13.8 Å². The van der Waals surface area contributed by atoms with Gasteiger partial charge in [0.15, 0.2) is 5.96 Å². The minimum Gasteiger partial charge on any atom is -0.357 e. The number of aromatic nitrogens is 1. The summed E-state index contributed by atoms with van der Waals surface area (Å²) in [7, 11) is 0. The van der Waals surface area contributed by atoms with Gasteiger partial charge in [-0.05, 0) is 51.5 Å². The standard InChI is InChI=1S/C20H37N5S.HI/c1-5-21-20(23-10-8-19-15-26-18(4)24-19)22-9-6-7-11-25-13-16(2)12-17(3)14-25;/h15-17H,5-14H2,1-4H3,(H2,21,22,23);1H. The number of nitrogens with one attached hydrogen (secondary N) is 2. The molecule has 0 spiro atoms. The summed E-state index contributed by atoms with van der Waals surface area (Å²) in [6.07, 6.45) is 4.72. The second-order valence-electron chi connectivity index (χ2n) is 7.71. The summed E-state index contributed by atoms with van der Waals surface area (Å²) in [5.41, 5.74) is 1.17. The normalized spacial score (nSPS) is 21.0. The van der Waals surface area contributed by atoms with Gasteiger partial charge in [-0.25, -0.2) is 4.98 Å². The van der Waals surface area contributed by atoms with Gasteiger partial charge in [0, 0.05) is 44.5 Å². The van der Waals surface area contributed by atoms with E-state index in [9.17, 15) is 0 Å². The number of nitrogens with zero attached hydrogens (tertiary/aromatic N) is 3. The molecule has 2 rings (SSSR count). The lowest BCUT2D eigenvalue weighted by atomic mass is 9.92. The molecule has 2 unspecified atom stereocenters. The molecule has 27 heavy (non-hydrogen) atoms. The fraction of sp³-hybridized carbons (Fsp3) is 0.800. The van der Waals surface area contributed by atoms with Gasteiger partial charge < -0.3 is 15.5 Å². The van der Waals surface area contributed by atoms with E-state index in [2.05, 4.69) is 53.6 Å². The Hall–Kier alpha value is -0.410. The Bertz CT molecular complexity index is 538. The molecule has 7 heteroatoms. The van der Waals surface area contributed by atoms with Crippen molar-refractivity contribution in [2.45, 2.75) is 53.4 Å². The quantitative estimate of drug-likeness (QED) is 0.230. The second kappa shape index (κ2) is 13.7. The number of halogens is 1. The number of aliphatic imine (C=N–C) groups is 1. The third kappa shape index (κ3) is 10.1. The number of rotatable bonds is 9. The Morgan fingerprint density at radius 2 is 2.00 bits per heavy atom. The Balaban J connectivity index is 0.00000364. The highest BCUT2D eigenvalue weighted by molar-refractivity contribution is 14.0. The average Bonchev–Trinajstić information content (AvgIpc) is 2.99. The minimum absolute atomic E-state index is 0. The Labute approximate surface area is 186 Å². The van der Waals surface area contributed by atoms with Crippen LogP contribution < -0.4 is 10.6 Å². The predicted octanol–water partition coefficient (Wildman–Crippen LogP) is 3.93. The van der Waals surface area contributed by atoms with E-state index in [0.717, 1.165) is 55.3 Å². The van der Waals surface area contributed by atoms with E-state index in [0.29, 0.717) is 0 Å². The maximum absolute atomic E-state index is 4.72. The van der Waals surface area contributed by atoms with Crippen molar-refractivity contribution in [3.05, 3.63) is 16.1 Å². The molecule has 5 nitrogen and oxygen atoms in total. The van der Waals surface area contributed by atoms with E-state index in [4.69, 9.17) is 4.99 Å². The van der Waals surface area contributed by atoms with Gasteiger partial charge in [0.05, 0.1) is 10.7 Å². The number of aryl methyl sites for hydroxylation is 1. The summed E-state index contributed by atoms with van der Waals surface area (Å²) in [5.74, 6) is 2.63. The van der Waals surface area contributed by atoms with E-state index >= 15 is 0 Å². The highest BCUT2D eigenvalue weighted by Gasteiger charge is 2.20. The summed E-state index contributed by atoms with van der Waals surface area (Å²) >= 11 is 1.72. The molecule has 0 radical (unpaired) electrons. The molecule has 0 amide bonds. The van der Waals surface area contributed by atoms with Gasteiger partial charge in [-0.3, -0.25) is 4.99 Å². The van der Waals surface area contributed by atoms with Crippen LogP contribution in [0.2, 0.25) is 0 Å². The topological polar surface area (TPSA) is 52.6 Å². The summed E-state index contributed by atoms with van der Waals surface area (Å²) < 4.78 is 0. The molecule has 0 saturated carbocycles. The zero-order chi connectivity index (χ0) is 18.8. The van der Waals surface area contributed by atoms with Crippen LogP contribution in [0.5, 0.6) is 0 Å². The summed E-state index contributed by atoms with van der Waals surface area (Å²) in [5, 5.41) is 10.0. The van der Waals surface area contributed by atoms with Crippen LogP contribution in [0.15, 0.2) is 10.4 Å². The van der Waals surface area contributed by atoms with E-state index < -0.39 is 0 Å². The van der Waals surface area contributed by atoms with Crippen molar-refractivity contribution in [2.75, 3.05) is 39.3 Å². The van der Waals surface area contributed by atoms with Crippen molar-refractivity contribution in [3.8, 4) is 0 Å². The largest absolute Gasteiger partial charge is 0.357 e. The van der Waals surface area contributed by atoms with Crippen LogP contribution in [-0.2, 0) is 6.42 Å². The fourth-order valence-corrected chi connectivity index (χ4v) is 4.43. The Kier molecular flexibility index (Phi) is 12.5. The lowest BCUT2D eigenvalue weighted by Gasteiger charge is -2.34. The van der Waals surface area contributed by atoms with Gasteiger partial charge in [0.1, 0.15) is 0 Å². The molecule has 1 saturated heterocycles. The summed E-state index contributed by atoms with van der Waals surface area (Å²) in [4.78, 5) is 11.9. The van der Waals surface area contributed by atoms with Crippen LogP contribution in [0.3, 0.4) is 0 Å². The van der Waals surface area contributed by atoms with Gasteiger partial charge in [0.25, 0.3) is 0 Å². The third-order valence-corrected chi connectivity index (χ3v) is 5.60. The first-order valence-electron chi connectivity index (χ1n) is 10.2. The number of unbranched alkanes of at least 4 members (excludes halogenated alkanes) is 1. The fourth-order valence-electron chi connectivity index (χ4n) is 3.79. The molecular weight excluding hydrogens is 469 g/mol. The number of guanidine groups is 1. The van der Waals surface area contributed by atoms with Crippen molar-refractivity contribution in [1.82, 2.24) is 20.5 Å². The summed E-state index contributed by atoms with van der Waals surface area (Å²) in [6.45, 7) is 15.4. The van der Waals surface area contributed by atoms with Crippen LogP contribution in [0.4, 0.5) is 0 Å². The van der Waals surface area contributed by atoms with Crippen molar-refractivity contribution >= 4 is 41.3 Å². The molecule has 2 heterocycles. The van der Waals surface area contributed by atoms with Crippen LogP contribution in [0, 0.1) is 18.8 Å². The second-order valence-corrected chi connectivity index (χ2v) is 8.77. The van der Waals surface area contributed by atoms with Crippen LogP contribution >= 0.6 is 35.3 Å². The molecule has 1 fully saturated rings. The molecule has 1 aliphatic heterocycles. The number of hydrogen-bond donors (Lipinski definition) is 2. The first-order valence-corrected chi connectivity index (χ1v) is 11.1. The molecule has 2 atom stereocenters. The van der Waals surface area contributed by atoms with E-state index in [-0.39, 0.29) is 24.0 Å². The predicted molar refractivity (Wildman–Crippen MR) is 129 cm³/mol. The maximum atomic E-state index is 4.72. The minimum atomic E-state index is 0. The number of piperidine rings is 1. The smallest absolute Gasteiger partial charge is 0.191 e. The lowest BCUT2D eigenvalue weighted by Crippen LogP contribution is -2.39. The van der Waals surface area contributed by atoms with E-state index in [1.807, 2.05) is 0 Å². The maximum Gasteiger partial charge on any atom is 0.191 e. The first kappa shape index (κ1) is 24.6. The number of thiazole rings is 1. The highest BCUT2D eigenvalue weighted by Crippen LogP contribution is 2.20. The molecular formula is C20H38IN5S. The van der Waals surface area contributed by atoms with Gasteiger partial charge in [-0.15, -0.1) is 35.3 Å². The SMILES string of the molecule is CCNC(=NCCCCN1CC(C)CC(C)C1)NCCc1csc(C)n1.I. The zero-order valence-corrected chi connectivity index (χ0v) is 20.6. The van der Waals surface area contributed by atoms with Crippen molar-refractivity contribution < 1.29 is 0 Å². The molecule has 1 aromatic heterocycles. The van der Waals surface area contributed by atoms with Crippen molar-refractivity contribution in [2.24, 2.45) is 16.8 Å². The monoisotopic (exact) mass is 507 g/mol. The van der Waals surface area contributed by atoms with E-state index in [1.165, 1.54) is 38.2 Å². The highest BCUT2D eigenvalue weighted by atomic mass is 127. The van der Waals surface area contributed by atoms with Crippen molar-refractivity contribution in [3.63, 3.8) is 0 Å². The Morgan fingerprint density at radius 3 is 2.63 bits per heavy atom. The third-order valence-electron chi connectivity index (χ3n) is 4.78. The first-order chi connectivity index (χ1) is 12.6. The summed E-state index contributed by atoms with van der Waals surface area (Å²) in [6, 6.07) is 0. The van der Waals surface area contributed by atoms with Crippen molar-refractivity contribution in [1.29, 1.82) is 0 Å². The van der Waals surface area contributed by atoms with Crippen LogP contribution in [0.25, 0.3) is 0 Å². The molecule has 0 bridgehead atoms. The van der Waals surface area contributed by atoms with Gasteiger partial charge in [0.2, 0.25) is 0 Å². The van der Waals surface area contributed by atoms with Gasteiger partial charge >= 0.3 is 0 Å². The number of hydrogen-bond acceptors (Lipinski definition) is 4. The average molecular weight is 508 g/mol. The molecule has 1 aliphatic rings.